The Labute approximate surface area is 91.5 Å². The molecule has 0 radical (unpaired) electrons. The van der Waals surface area contributed by atoms with E-state index in [1.165, 1.54) is 0 Å². The highest BCUT2D eigenvalue weighted by atomic mass is 15.2. The van der Waals surface area contributed by atoms with E-state index in [-0.39, 0.29) is 0 Å². The minimum Gasteiger partial charge on any atom is -0.341 e. The summed E-state index contributed by atoms with van der Waals surface area (Å²) in [6.07, 6.45) is 4.53. The molecule has 84 valence electrons. The second kappa shape index (κ2) is 6.35. The molecule has 0 spiro atoms. The first-order valence-corrected chi connectivity index (χ1v) is 5.46. The summed E-state index contributed by atoms with van der Waals surface area (Å²) in [4.78, 5) is 10.7. The quantitative estimate of drug-likeness (QED) is 0.765. The molecular formula is C11H20N4. The van der Waals surface area contributed by atoms with Crippen LogP contribution in [0, 0.1) is 5.92 Å². The van der Waals surface area contributed by atoms with Gasteiger partial charge in [0.25, 0.3) is 0 Å². The minimum absolute atomic E-state index is 0.603. The highest BCUT2D eigenvalue weighted by Crippen LogP contribution is 2.08. The monoisotopic (exact) mass is 208 g/mol. The Balaban J connectivity index is 2.63. The third-order valence-corrected chi connectivity index (χ3v) is 2.05. The van der Waals surface area contributed by atoms with Crippen LogP contribution in [0.15, 0.2) is 18.5 Å². The van der Waals surface area contributed by atoms with E-state index >= 15 is 0 Å². The maximum Gasteiger partial charge on any atom is 0.225 e. The summed E-state index contributed by atoms with van der Waals surface area (Å²) in [5.41, 5.74) is 5.52. The highest BCUT2D eigenvalue weighted by molar-refractivity contribution is 5.28. The molecule has 0 bridgehead atoms. The lowest BCUT2D eigenvalue weighted by Crippen LogP contribution is -2.31. The van der Waals surface area contributed by atoms with Gasteiger partial charge in [-0.2, -0.15) is 0 Å². The van der Waals surface area contributed by atoms with Crippen molar-refractivity contribution in [1.82, 2.24) is 9.97 Å². The van der Waals surface area contributed by atoms with Gasteiger partial charge >= 0.3 is 0 Å². The number of aromatic nitrogens is 2. The number of anilines is 1. The van der Waals surface area contributed by atoms with E-state index in [2.05, 4.69) is 28.7 Å². The van der Waals surface area contributed by atoms with Crippen LogP contribution in [0.25, 0.3) is 0 Å². The maximum atomic E-state index is 5.52. The molecule has 1 aromatic rings. The Hall–Kier alpha value is -1.16. The molecule has 2 N–H and O–H groups in total. The predicted octanol–water partition coefficient (Wildman–Crippen LogP) is 1.29. The van der Waals surface area contributed by atoms with E-state index in [4.69, 9.17) is 5.73 Å². The maximum absolute atomic E-state index is 5.52. The van der Waals surface area contributed by atoms with Crippen LogP contribution in [0.5, 0.6) is 0 Å². The fourth-order valence-corrected chi connectivity index (χ4v) is 1.45. The first kappa shape index (κ1) is 11.9. The Morgan fingerprint density at radius 1 is 1.33 bits per heavy atom. The molecular weight excluding hydrogens is 188 g/mol. The standard InChI is InChI=1S/C11H20N4/c1-10(2)9-15(8-3-5-12)11-13-6-4-7-14-11/h4,6-7,10H,3,5,8-9,12H2,1-2H3. The summed E-state index contributed by atoms with van der Waals surface area (Å²) in [5, 5.41) is 0. The summed E-state index contributed by atoms with van der Waals surface area (Å²) < 4.78 is 0. The van der Waals surface area contributed by atoms with Crippen LogP contribution in [0.1, 0.15) is 20.3 Å². The van der Waals surface area contributed by atoms with Gasteiger partial charge in [-0.15, -0.1) is 0 Å². The molecule has 0 amide bonds. The Bertz CT molecular complexity index is 261. The highest BCUT2D eigenvalue weighted by Gasteiger charge is 2.09. The number of hydrogen-bond donors (Lipinski definition) is 1. The topological polar surface area (TPSA) is 55.0 Å². The first-order chi connectivity index (χ1) is 7.24. The smallest absolute Gasteiger partial charge is 0.225 e. The van der Waals surface area contributed by atoms with Crippen molar-refractivity contribution in [2.75, 3.05) is 24.5 Å². The van der Waals surface area contributed by atoms with Gasteiger partial charge in [0.05, 0.1) is 0 Å². The van der Waals surface area contributed by atoms with Crippen molar-refractivity contribution in [3.05, 3.63) is 18.5 Å². The van der Waals surface area contributed by atoms with Crippen molar-refractivity contribution in [2.24, 2.45) is 11.7 Å². The van der Waals surface area contributed by atoms with Crippen LogP contribution in [-0.2, 0) is 0 Å². The third-order valence-electron chi connectivity index (χ3n) is 2.05. The fraction of sp³-hybridized carbons (Fsp3) is 0.636. The van der Waals surface area contributed by atoms with Gasteiger partial charge in [-0.1, -0.05) is 13.8 Å². The van der Waals surface area contributed by atoms with Crippen molar-refractivity contribution in [3.8, 4) is 0 Å². The number of hydrogen-bond acceptors (Lipinski definition) is 4. The van der Waals surface area contributed by atoms with E-state index in [0.717, 1.165) is 25.5 Å². The summed E-state index contributed by atoms with van der Waals surface area (Å²) in [7, 11) is 0. The zero-order valence-electron chi connectivity index (χ0n) is 9.56. The molecule has 0 aliphatic heterocycles. The zero-order chi connectivity index (χ0) is 11.1. The van der Waals surface area contributed by atoms with Crippen molar-refractivity contribution >= 4 is 5.95 Å². The second-order valence-electron chi connectivity index (χ2n) is 4.03. The molecule has 0 saturated carbocycles. The molecule has 1 aromatic heterocycles. The van der Waals surface area contributed by atoms with Crippen LogP contribution in [0.4, 0.5) is 5.95 Å². The molecule has 1 heterocycles. The number of rotatable bonds is 6. The molecule has 0 atom stereocenters. The Morgan fingerprint density at radius 3 is 2.53 bits per heavy atom. The van der Waals surface area contributed by atoms with Crippen LogP contribution in [0.3, 0.4) is 0 Å². The Morgan fingerprint density at radius 2 is 2.00 bits per heavy atom. The lowest BCUT2D eigenvalue weighted by atomic mass is 10.2. The average Bonchev–Trinajstić information content (AvgIpc) is 2.25. The van der Waals surface area contributed by atoms with Gasteiger partial charge in [0.15, 0.2) is 0 Å². The van der Waals surface area contributed by atoms with Gasteiger partial charge in [-0.05, 0) is 24.9 Å². The Kier molecular flexibility index (Phi) is 5.04. The minimum atomic E-state index is 0.603. The fourth-order valence-electron chi connectivity index (χ4n) is 1.45. The van der Waals surface area contributed by atoms with Gasteiger partial charge in [-0.25, -0.2) is 9.97 Å². The first-order valence-electron chi connectivity index (χ1n) is 5.46. The SMILES string of the molecule is CC(C)CN(CCCN)c1ncccn1. The average molecular weight is 208 g/mol. The molecule has 0 unspecified atom stereocenters. The second-order valence-corrected chi connectivity index (χ2v) is 4.03. The molecule has 0 aliphatic rings. The summed E-state index contributed by atoms with van der Waals surface area (Å²) in [5.74, 6) is 1.41. The number of nitrogens with zero attached hydrogens (tertiary/aromatic N) is 3. The van der Waals surface area contributed by atoms with E-state index in [9.17, 15) is 0 Å². The van der Waals surface area contributed by atoms with Gasteiger partial charge in [-0.3, -0.25) is 0 Å². The van der Waals surface area contributed by atoms with Crippen LogP contribution in [0.2, 0.25) is 0 Å². The van der Waals surface area contributed by atoms with E-state index in [1.54, 1.807) is 12.4 Å². The molecule has 15 heavy (non-hydrogen) atoms. The summed E-state index contributed by atoms with van der Waals surface area (Å²) in [6, 6.07) is 1.83. The lowest BCUT2D eigenvalue weighted by molar-refractivity contribution is 0.591. The lowest BCUT2D eigenvalue weighted by Gasteiger charge is -2.23. The molecule has 0 aliphatic carbocycles. The van der Waals surface area contributed by atoms with E-state index < -0.39 is 0 Å². The third kappa shape index (κ3) is 4.25. The molecule has 0 saturated heterocycles. The van der Waals surface area contributed by atoms with Crippen molar-refractivity contribution in [3.63, 3.8) is 0 Å². The van der Waals surface area contributed by atoms with E-state index in [1.807, 2.05) is 6.07 Å². The van der Waals surface area contributed by atoms with Crippen molar-refractivity contribution < 1.29 is 0 Å². The summed E-state index contributed by atoms with van der Waals surface area (Å²) >= 11 is 0. The molecule has 0 fully saturated rings. The number of nitrogens with two attached hydrogens (primary N) is 1. The van der Waals surface area contributed by atoms with Crippen molar-refractivity contribution in [2.45, 2.75) is 20.3 Å². The molecule has 4 nitrogen and oxygen atoms in total. The normalized spacial score (nSPS) is 10.7. The van der Waals surface area contributed by atoms with Crippen molar-refractivity contribution in [1.29, 1.82) is 0 Å². The van der Waals surface area contributed by atoms with Gasteiger partial charge in [0.2, 0.25) is 5.95 Å². The molecule has 1 rings (SSSR count). The van der Waals surface area contributed by atoms with Crippen LogP contribution >= 0.6 is 0 Å². The van der Waals surface area contributed by atoms with Crippen LogP contribution < -0.4 is 10.6 Å². The largest absolute Gasteiger partial charge is 0.341 e. The van der Waals surface area contributed by atoms with E-state index in [0.29, 0.717) is 12.5 Å². The molecule has 0 aromatic carbocycles. The van der Waals surface area contributed by atoms with Crippen LogP contribution in [-0.4, -0.2) is 29.6 Å². The van der Waals surface area contributed by atoms with Gasteiger partial charge < -0.3 is 10.6 Å². The van der Waals surface area contributed by atoms with Gasteiger partial charge in [0, 0.05) is 25.5 Å². The zero-order valence-corrected chi connectivity index (χ0v) is 9.56. The molecule has 4 heteroatoms. The predicted molar refractivity (Wildman–Crippen MR) is 62.8 cm³/mol. The van der Waals surface area contributed by atoms with Gasteiger partial charge in [0.1, 0.15) is 0 Å². The summed E-state index contributed by atoms with van der Waals surface area (Å²) in [6.45, 7) is 7.00.